The van der Waals surface area contributed by atoms with Crippen LogP contribution in [0, 0.1) is 17.0 Å². The Bertz CT molecular complexity index is 458. The van der Waals surface area contributed by atoms with Crippen LogP contribution in [0.2, 0.25) is 0 Å². The average Bonchev–Trinajstić information content (AvgIpc) is 2.29. The SMILES string of the molecule is Cc1cc([N+](=O)[O-])ccc1NC(=O)CCC(C)N. The highest BCUT2D eigenvalue weighted by atomic mass is 16.6. The fourth-order valence-corrected chi connectivity index (χ4v) is 1.47. The first-order chi connectivity index (χ1) is 8.40. The van der Waals surface area contributed by atoms with Gasteiger partial charge in [-0.3, -0.25) is 14.9 Å². The Morgan fingerprint density at radius 3 is 2.72 bits per heavy atom. The summed E-state index contributed by atoms with van der Waals surface area (Å²) in [7, 11) is 0. The second-order valence-corrected chi connectivity index (χ2v) is 4.32. The Morgan fingerprint density at radius 1 is 1.56 bits per heavy atom. The van der Waals surface area contributed by atoms with E-state index >= 15 is 0 Å². The number of hydrogen-bond acceptors (Lipinski definition) is 4. The summed E-state index contributed by atoms with van der Waals surface area (Å²) in [4.78, 5) is 21.7. The number of nitrogens with one attached hydrogen (secondary N) is 1. The third-order valence-corrected chi connectivity index (χ3v) is 2.52. The number of carbonyl (C=O) groups excluding carboxylic acids is 1. The first kappa shape index (κ1) is 14.1. The van der Waals surface area contributed by atoms with Crippen molar-refractivity contribution in [2.75, 3.05) is 5.32 Å². The number of non-ortho nitro benzene ring substituents is 1. The molecule has 6 nitrogen and oxygen atoms in total. The zero-order chi connectivity index (χ0) is 13.7. The van der Waals surface area contributed by atoms with E-state index in [9.17, 15) is 14.9 Å². The normalized spacial score (nSPS) is 11.9. The van der Waals surface area contributed by atoms with Crippen LogP contribution in [0.4, 0.5) is 11.4 Å². The quantitative estimate of drug-likeness (QED) is 0.617. The zero-order valence-electron chi connectivity index (χ0n) is 10.5. The van der Waals surface area contributed by atoms with Crippen molar-refractivity contribution in [1.82, 2.24) is 0 Å². The van der Waals surface area contributed by atoms with Gasteiger partial charge in [0.2, 0.25) is 5.91 Å². The van der Waals surface area contributed by atoms with Gasteiger partial charge in [0.25, 0.3) is 5.69 Å². The number of nitrogens with two attached hydrogens (primary N) is 1. The lowest BCUT2D eigenvalue weighted by molar-refractivity contribution is -0.384. The van der Waals surface area contributed by atoms with Gasteiger partial charge in [-0.1, -0.05) is 0 Å². The van der Waals surface area contributed by atoms with Crippen molar-refractivity contribution in [3.05, 3.63) is 33.9 Å². The molecular weight excluding hydrogens is 234 g/mol. The molecule has 0 aliphatic carbocycles. The fraction of sp³-hybridized carbons (Fsp3) is 0.417. The van der Waals surface area contributed by atoms with E-state index in [0.29, 0.717) is 24.1 Å². The van der Waals surface area contributed by atoms with E-state index in [1.807, 2.05) is 6.92 Å². The van der Waals surface area contributed by atoms with Gasteiger partial charge >= 0.3 is 0 Å². The molecular formula is C12H17N3O3. The van der Waals surface area contributed by atoms with Crippen molar-refractivity contribution < 1.29 is 9.72 Å². The number of carbonyl (C=O) groups is 1. The predicted molar refractivity (Wildman–Crippen MR) is 69.3 cm³/mol. The molecule has 18 heavy (non-hydrogen) atoms. The van der Waals surface area contributed by atoms with Crippen molar-refractivity contribution in [2.45, 2.75) is 32.7 Å². The molecule has 0 aliphatic rings. The summed E-state index contributed by atoms with van der Waals surface area (Å²) in [5, 5.41) is 13.3. The van der Waals surface area contributed by atoms with E-state index in [1.165, 1.54) is 18.2 Å². The van der Waals surface area contributed by atoms with Crippen LogP contribution in [0.3, 0.4) is 0 Å². The Hall–Kier alpha value is -1.95. The first-order valence-electron chi connectivity index (χ1n) is 5.70. The summed E-state index contributed by atoms with van der Waals surface area (Å²) in [5.41, 5.74) is 6.84. The van der Waals surface area contributed by atoms with Crippen molar-refractivity contribution in [1.29, 1.82) is 0 Å². The van der Waals surface area contributed by atoms with E-state index in [-0.39, 0.29) is 17.6 Å². The molecule has 0 aliphatic heterocycles. The number of aryl methyl sites for hydroxylation is 1. The van der Waals surface area contributed by atoms with Crippen LogP contribution in [0.25, 0.3) is 0 Å². The number of benzene rings is 1. The number of rotatable bonds is 5. The van der Waals surface area contributed by atoms with E-state index in [1.54, 1.807) is 6.92 Å². The number of anilines is 1. The molecule has 1 rings (SSSR count). The molecule has 98 valence electrons. The molecule has 1 unspecified atom stereocenters. The Morgan fingerprint density at radius 2 is 2.22 bits per heavy atom. The molecule has 0 saturated carbocycles. The van der Waals surface area contributed by atoms with Crippen LogP contribution < -0.4 is 11.1 Å². The van der Waals surface area contributed by atoms with Gasteiger partial charge in [-0.2, -0.15) is 0 Å². The summed E-state index contributed by atoms with van der Waals surface area (Å²) in [6.07, 6.45) is 0.950. The number of nitro groups is 1. The van der Waals surface area contributed by atoms with Crippen LogP contribution in [-0.2, 0) is 4.79 Å². The second kappa shape index (κ2) is 6.11. The van der Waals surface area contributed by atoms with Crippen LogP contribution in [-0.4, -0.2) is 16.9 Å². The standard InChI is InChI=1S/C12H17N3O3/c1-8-7-10(15(17)18)4-5-11(8)14-12(16)6-3-9(2)13/h4-5,7,9H,3,6,13H2,1-2H3,(H,14,16). The Kier molecular flexibility index (Phi) is 4.79. The van der Waals surface area contributed by atoms with Crippen molar-refractivity contribution in [3.63, 3.8) is 0 Å². The lowest BCUT2D eigenvalue weighted by Gasteiger charge is -2.09. The maximum Gasteiger partial charge on any atom is 0.269 e. The highest BCUT2D eigenvalue weighted by molar-refractivity contribution is 5.91. The Labute approximate surface area is 105 Å². The van der Waals surface area contributed by atoms with Crippen LogP contribution in [0.1, 0.15) is 25.3 Å². The average molecular weight is 251 g/mol. The topological polar surface area (TPSA) is 98.3 Å². The number of amides is 1. The summed E-state index contributed by atoms with van der Waals surface area (Å²) in [6.45, 7) is 3.55. The van der Waals surface area contributed by atoms with Gasteiger partial charge in [0.15, 0.2) is 0 Å². The van der Waals surface area contributed by atoms with Gasteiger partial charge in [-0.15, -0.1) is 0 Å². The molecule has 1 aromatic rings. The number of hydrogen-bond donors (Lipinski definition) is 2. The highest BCUT2D eigenvalue weighted by Gasteiger charge is 2.10. The van der Waals surface area contributed by atoms with Crippen LogP contribution >= 0.6 is 0 Å². The van der Waals surface area contributed by atoms with Gasteiger partial charge < -0.3 is 11.1 Å². The number of nitro benzene ring substituents is 1. The smallest absolute Gasteiger partial charge is 0.269 e. The minimum absolute atomic E-state index is 0.0149. The van der Waals surface area contributed by atoms with Gasteiger partial charge in [0.05, 0.1) is 4.92 Å². The molecule has 0 aromatic heterocycles. The van der Waals surface area contributed by atoms with Gasteiger partial charge in [-0.25, -0.2) is 0 Å². The monoisotopic (exact) mass is 251 g/mol. The van der Waals surface area contributed by atoms with Gasteiger partial charge in [-0.05, 0) is 31.9 Å². The molecule has 1 amide bonds. The van der Waals surface area contributed by atoms with Crippen molar-refractivity contribution >= 4 is 17.3 Å². The summed E-state index contributed by atoms with van der Waals surface area (Å²) in [5.74, 6) is -0.135. The van der Waals surface area contributed by atoms with Gasteiger partial charge in [0.1, 0.15) is 0 Å². The summed E-state index contributed by atoms with van der Waals surface area (Å²) < 4.78 is 0. The van der Waals surface area contributed by atoms with Crippen molar-refractivity contribution in [2.24, 2.45) is 5.73 Å². The molecule has 6 heteroatoms. The molecule has 0 heterocycles. The third kappa shape index (κ3) is 4.14. The summed E-state index contributed by atoms with van der Waals surface area (Å²) >= 11 is 0. The van der Waals surface area contributed by atoms with Crippen LogP contribution in [0.5, 0.6) is 0 Å². The molecule has 0 radical (unpaired) electrons. The van der Waals surface area contributed by atoms with Crippen molar-refractivity contribution in [3.8, 4) is 0 Å². The van der Waals surface area contributed by atoms with E-state index in [2.05, 4.69) is 5.32 Å². The first-order valence-corrected chi connectivity index (χ1v) is 5.70. The lowest BCUT2D eigenvalue weighted by Crippen LogP contribution is -2.19. The molecule has 0 spiro atoms. The molecule has 3 N–H and O–H groups in total. The molecule has 1 atom stereocenters. The molecule has 0 saturated heterocycles. The van der Waals surface area contributed by atoms with E-state index < -0.39 is 4.92 Å². The Balaban J connectivity index is 2.68. The lowest BCUT2D eigenvalue weighted by atomic mass is 10.1. The maximum absolute atomic E-state index is 11.6. The predicted octanol–water partition coefficient (Wildman–Crippen LogP) is 1.97. The third-order valence-electron chi connectivity index (χ3n) is 2.52. The second-order valence-electron chi connectivity index (χ2n) is 4.32. The molecule has 0 fully saturated rings. The minimum Gasteiger partial charge on any atom is -0.328 e. The fourth-order valence-electron chi connectivity index (χ4n) is 1.47. The molecule has 1 aromatic carbocycles. The van der Waals surface area contributed by atoms with E-state index in [0.717, 1.165) is 0 Å². The zero-order valence-corrected chi connectivity index (χ0v) is 10.5. The largest absolute Gasteiger partial charge is 0.328 e. The number of nitrogens with zero attached hydrogens (tertiary/aromatic N) is 1. The highest BCUT2D eigenvalue weighted by Crippen LogP contribution is 2.21. The molecule has 0 bridgehead atoms. The van der Waals surface area contributed by atoms with E-state index in [4.69, 9.17) is 5.73 Å². The summed E-state index contributed by atoms with van der Waals surface area (Å²) in [6, 6.07) is 4.32. The minimum atomic E-state index is -0.464. The van der Waals surface area contributed by atoms with Crippen LogP contribution in [0.15, 0.2) is 18.2 Å². The van der Waals surface area contributed by atoms with Gasteiger partial charge in [0, 0.05) is 30.3 Å². The maximum atomic E-state index is 11.6.